The zero-order valence-electron chi connectivity index (χ0n) is 11.7. The van der Waals surface area contributed by atoms with Crippen molar-refractivity contribution in [2.75, 3.05) is 5.73 Å². The number of rotatable bonds is 4. The molecule has 0 fully saturated rings. The zero-order valence-corrected chi connectivity index (χ0v) is 12.6. The van der Waals surface area contributed by atoms with Crippen LogP contribution in [0.5, 0.6) is 0 Å². The van der Waals surface area contributed by atoms with Crippen LogP contribution in [0.1, 0.15) is 39.5 Å². The maximum absolute atomic E-state index is 10.4. The molecule has 2 nitrogen and oxygen atoms in total. The van der Waals surface area contributed by atoms with E-state index in [1.807, 2.05) is 26.0 Å². The van der Waals surface area contributed by atoms with Crippen LogP contribution < -0.4 is 5.73 Å². The maximum atomic E-state index is 10.4. The van der Waals surface area contributed by atoms with Crippen LogP contribution in [-0.2, 0) is 12.8 Å². The molecule has 2 aromatic rings. The Balaban J connectivity index is 2.20. The highest BCUT2D eigenvalue weighted by Crippen LogP contribution is 2.30. The number of aliphatic hydroxyl groups excluding tert-OH is 1. The number of nitrogen functional groups attached to an aromatic ring is 1. The molecular formula is C16H21NOS. The molecule has 1 aromatic heterocycles. The Kier molecular flexibility index (Phi) is 4.27. The van der Waals surface area contributed by atoms with Crippen molar-refractivity contribution in [1.82, 2.24) is 0 Å². The Morgan fingerprint density at radius 3 is 2.47 bits per heavy atom. The number of aryl methyl sites for hydroxylation is 2. The summed E-state index contributed by atoms with van der Waals surface area (Å²) in [6, 6.07) is 8.20. The molecule has 0 saturated heterocycles. The highest BCUT2D eigenvalue weighted by molar-refractivity contribution is 7.11. The molecule has 1 unspecified atom stereocenters. The summed E-state index contributed by atoms with van der Waals surface area (Å²) in [5.41, 5.74) is 9.91. The highest BCUT2D eigenvalue weighted by atomic mass is 32.1. The van der Waals surface area contributed by atoms with Crippen molar-refractivity contribution in [2.45, 2.75) is 39.7 Å². The number of hydrogen-bond acceptors (Lipinski definition) is 3. The van der Waals surface area contributed by atoms with Crippen LogP contribution in [0.4, 0.5) is 5.69 Å². The standard InChI is InChI=1S/C16H21NOS/c1-4-12-6-7-13(19-12)9-15(18)14-8-5-10(2)11(3)16(14)17/h5-8,15,18H,4,9,17H2,1-3H3. The summed E-state index contributed by atoms with van der Waals surface area (Å²) in [6.07, 6.45) is 1.16. The summed E-state index contributed by atoms with van der Waals surface area (Å²) in [6.45, 7) is 6.18. The topological polar surface area (TPSA) is 46.2 Å². The average Bonchev–Trinajstić information content (AvgIpc) is 2.83. The SMILES string of the molecule is CCc1ccc(CC(O)c2ccc(C)c(C)c2N)s1. The van der Waals surface area contributed by atoms with Gasteiger partial charge in [-0.2, -0.15) is 0 Å². The van der Waals surface area contributed by atoms with Gasteiger partial charge in [0.25, 0.3) is 0 Å². The lowest BCUT2D eigenvalue weighted by Crippen LogP contribution is -2.06. The third-order valence-corrected chi connectivity index (χ3v) is 4.89. The van der Waals surface area contributed by atoms with Crippen molar-refractivity contribution in [3.63, 3.8) is 0 Å². The first kappa shape index (κ1) is 14.1. The molecule has 3 N–H and O–H groups in total. The number of hydrogen-bond donors (Lipinski definition) is 2. The van der Waals surface area contributed by atoms with Crippen molar-refractivity contribution in [3.05, 3.63) is 50.7 Å². The van der Waals surface area contributed by atoms with Crippen LogP contribution in [0, 0.1) is 13.8 Å². The first-order chi connectivity index (χ1) is 9.02. The Morgan fingerprint density at radius 2 is 1.84 bits per heavy atom. The van der Waals surface area contributed by atoms with Gasteiger partial charge in [-0.3, -0.25) is 0 Å². The van der Waals surface area contributed by atoms with Gasteiger partial charge in [-0.15, -0.1) is 11.3 Å². The van der Waals surface area contributed by atoms with Gasteiger partial charge >= 0.3 is 0 Å². The van der Waals surface area contributed by atoms with Crippen molar-refractivity contribution in [3.8, 4) is 0 Å². The van der Waals surface area contributed by atoms with E-state index in [2.05, 4.69) is 19.1 Å². The minimum atomic E-state index is -0.525. The second kappa shape index (κ2) is 5.76. The Morgan fingerprint density at radius 1 is 1.16 bits per heavy atom. The molecule has 0 radical (unpaired) electrons. The summed E-state index contributed by atoms with van der Waals surface area (Å²) < 4.78 is 0. The van der Waals surface area contributed by atoms with E-state index in [4.69, 9.17) is 5.73 Å². The number of aliphatic hydroxyl groups is 1. The monoisotopic (exact) mass is 275 g/mol. The van der Waals surface area contributed by atoms with Gasteiger partial charge in [0.05, 0.1) is 6.10 Å². The predicted molar refractivity (Wildman–Crippen MR) is 82.7 cm³/mol. The van der Waals surface area contributed by atoms with E-state index in [-0.39, 0.29) is 0 Å². The number of benzene rings is 1. The van der Waals surface area contributed by atoms with Gasteiger partial charge in [0.2, 0.25) is 0 Å². The second-order valence-corrected chi connectivity index (χ2v) is 6.20. The molecule has 19 heavy (non-hydrogen) atoms. The normalized spacial score (nSPS) is 12.6. The van der Waals surface area contributed by atoms with Crippen molar-refractivity contribution in [2.24, 2.45) is 0 Å². The lowest BCUT2D eigenvalue weighted by atomic mass is 9.98. The van der Waals surface area contributed by atoms with Gasteiger partial charge in [0, 0.05) is 27.4 Å². The van der Waals surface area contributed by atoms with E-state index < -0.39 is 6.10 Å². The van der Waals surface area contributed by atoms with E-state index in [1.54, 1.807) is 11.3 Å². The lowest BCUT2D eigenvalue weighted by Gasteiger charge is -2.15. The second-order valence-electron chi connectivity index (χ2n) is 4.95. The summed E-state index contributed by atoms with van der Waals surface area (Å²) in [5, 5.41) is 10.4. The molecule has 0 saturated carbocycles. The van der Waals surface area contributed by atoms with Gasteiger partial charge in [0.1, 0.15) is 0 Å². The Labute approximate surface area is 118 Å². The van der Waals surface area contributed by atoms with Crippen LogP contribution >= 0.6 is 11.3 Å². The van der Waals surface area contributed by atoms with Crippen molar-refractivity contribution in [1.29, 1.82) is 0 Å². The van der Waals surface area contributed by atoms with Crippen LogP contribution in [0.2, 0.25) is 0 Å². The van der Waals surface area contributed by atoms with Crippen LogP contribution in [0.15, 0.2) is 24.3 Å². The molecule has 0 spiro atoms. The van der Waals surface area contributed by atoms with Crippen LogP contribution in [0.3, 0.4) is 0 Å². The van der Waals surface area contributed by atoms with Crippen LogP contribution in [0.25, 0.3) is 0 Å². The molecule has 1 aromatic carbocycles. The van der Waals surface area contributed by atoms with Gasteiger partial charge in [-0.05, 0) is 43.5 Å². The minimum absolute atomic E-state index is 0.525. The van der Waals surface area contributed by atoms with Gasteiger partial charge in [-0.25, -0.2) is 0 Å². The predicted octanol–water partition coefficient (Wildman–Crippen LogP) is 3.79. The van der Waals surface area contributed by atoms with Crippen molar-refractivity contribution < 1.29 is 5.11 Å². The first-order valence-electron chi connectivity index (χ1n) is 6.64. The molecule has 102 valence electrons. The maximum Gasteiger partial charge on any atom is 0.0858 e. The molecule has 0 aliphatic rings. The summed E-state index contributed by atoms with van der Waals surface area (Å²) in [7, 11) is 0. The first-order valence-corrected chi connectivity index (χ1v) is 7.45. The number of thiophene rings is 1. The van der Waals surface area contributed by atoms with E-state index in [1.165, 1.54) is 9.75 Å². The molecule has 0 bridgehead atoms. The molecule has 3 heteroatoms. The largest absolute Gasteiger partial charge is 0.398 e. The van der Waals surface area contributed by atoms with Crippen molar-refractivity contribution >= 4 is 17.0 Å². The van der Waals surface area contributed by atoms with Gasteiger partial charge in [0.15, 0.2) is 0 Å². The van der Waals surface area contributed by atoms with Gasteiger partial charge < -0.3 is 10.8 Å². The summed E-state index contributed by atoms with van der Waals surface area (Å²) >= 11 is 1.77. The number of anilines is 1. The summed E-state index contributed by atoms with van der Waals surface area (Å²) in [4.78, 5) is 2.57. The smallest absolute Gasteiger partial charge is 0.0858 e. The number of nitrogens with two attached hydrogens (primary N) is 1. The summed E-state index contributed by atoms with van der Waals surface area (Å²) in [5.74, 6) is 0. The molecule has 1 atom stereocenters. The quantitative estimate of drug-likeness (QED) is 0.834. The molecule has 0 aliphatic carbocycles. The molecule has 2 rings (SSSR count). The van der Waals surface area contributed by atoms with Gasteiger partial charge in [-0.1, -0.05) is 19.1 Å². The third-order valence-electron chi connectivity index (χ3n) is 3.64. The average molecular weight is 275 g/mol. The van der Waals surface area contributed by atoms with E-state index in [0.717, 1.165) is 28.8 Å². The molecule has 0 amide bonds. The zero-order chi connectivity index (χ0) is 14.0. The third kappa shape index (κ3) is 2.99. The molecular weight excluding hydrogens is 254 g/mol. The molecule has 0 aliphatic heterocycles. The van der Waals surface area contributed by atoms with Crippen LogP contribution in [-0.4, -0.2) is 5.11 Å². The fourth-order valence-corrected chi connectivity index (χ4v) is 3.17. The van der Waals surface area contributed by atoms with E-state index in [9.17, 15) is 5.11 Å². The fourth-order valence-electron chi connectivity index (χ4n) is 2.17. The lowest BCUT2D eigenvalue weighted by molar-refractivity contribution is 0.180. The fraction of sp³-hybridized carbons (Fsp3) is 0.375. The van der Waals surface area contributed by atoms with E-state index in [0.29, 0.717) is 6.42 Å². The minimum Gasteiger partial charge on any atom is -0.398 e. The van der Waals surface area contributed by atoms with E-state index >= 15 is 0 Å². The molecule has 1 heterocycles. The Hall–Kier alpha value is -1.32. The Bertz CT molecular complexity index is 574. The highest BCUT2D eigenvalue weighted by Gasteiger charge is 2.15.